The Labute approximate surface area is 185 Å². The molecule has 0 amide bonds. The molecule has 6 nitrogen and oxygen atoms in total. The van der Waals surface area contributed by atoms with Crippen LogP contribution in [0.5, 0.6) is 0 Å². The second-order valence-electron chi connectivity index (χ2n) is 7.27. The first-order chi connectivity index (χ1) is 14.8. The van der Waals surface area contributed by atoms with Gasteiger partial charge in [-0.15, -0.1) is 0 Å². The first-order valence-corrected chi connectivity index (χ1v) is 10.6. The molecule has 31 heavy (non-hydrogen) atoms. The topological polar surface area (TPSA) is 115 Å². The van der Waals surface area contributed by atoms with Gasteiger partial charge in [0.05, 0.1) is 17.2 Å². The number of rotatable bonds is 9. The highest BCUT2D eigenvalue weighted by Crippen LogP contribution is 2.25. The maximum atomic E-state index is 10.2. The zero-order chi connectivity index (χ0) is 23.6. The quantitative estimate of drug-likeness (QED) is 0.445. The molecule has 0 spiro atoms. The van der Waals surface area contributed by atoms with Gasteiger partial charge >= 0.3 is 11.9 Å². The summed E-state index contributed by atoms with van der Waals surface area (Å²) in [5.74, 6) is -1.20. The van der Waals surface area contributed by atoms with Gasteiger partial charge in [-0.3, -0.25) is 0 Å². The Morgan fingerprint density at radius 1 is 0.774 bits per heavy atom. The van der Waals surface area contributed by atoms with E-state index in [2.05, 4.69) is 13.8 Å². The summed E-state index contributed by atoms with van der Waals surface area (Å²) in [6.45, 7) is 6.28. The molecule has 0 saturated carbocycles. The van der Waals surface area contributed by atoms with Crippen LogP contribution >= 0.6 is 0 Å². The minimum atomic E-state index is -0.879. The number of benzene rings is 2. The van der Waals surface area contributed by atoms with Crippen LogP contribution in [0, 0.1) is 11.8 Å². The van der Waals surface area contributed by atoms with E-state index in [1.54, 1.807) is 60.7 Å². The molecule has 2 aromatic carbocycles. The number of aliphatic hydroxyl groups excluding tert-OH is 2. The van der Waals surface area contributed by atoms with Crippen molar-refractivity contribution in [1.82, 2.24) is 0 Å². The summed E-state index contributed by atoms with van der Waals surface area (Å²) in [5.41, 5.74) is 0.662. The summed E-state index contributed by atoms with van der Waals surface area (Å²) in [7, 11) is 0. The lowest BCUT2D eigenvalue weighted by atomic mass is 9.82. The molecule has 6 heteroatoms. The third-order valence-corrected chi connectivity index (χ3v) is 4.78. The molecule has 0 aliphatic heterocycles. The minimum absolute atomic E-state index is 0.212. The van der Waals surface area contributed by atoms with Crippen molar-refractivity contribution in [2.45, 2.75) is 52.6 Å². The van der Waals surface area contributed by atoms with E-state index in [1.807, 2.05) is 6.92 Å². The number of aromatic carboxylic acids is 2. The van der Waals surface area contributed by atoms with Gasteiger partial charge in [0.1, 0.15) is 0 Å². The molecule has 3 unspecified atom stereocenters. The van der Waals surface area contributed by atoms with Gasteiger partial charge in [-0.1, -0.05) is 63.1 Å². The zero-order valence-corrected chi connectivity index (χ0v) is 18.6. The van der Waals surface area contributed by atoms with Crippen LogP contribution in [0.4, 0.5) is 0 Å². The molecule has 0 aromatic heterocycles. The van der Waals surface area contributed by atoms with Crippen LogP contribution in [-0.2, 0) is 0 Å². The number of carbonyl (C=O) groups is 2. The SMILES string of the molecule is CCCC(CO)C(CCC)C(C)O.O=C(O)c1ccccc1.O=C(O)c1ccccc1. The predicted octanol–water partition coefficient (Wildman–Crippen LogP) is 4.96. The maximum absolute atomic E-state index is 10.2. The van der Waals surface area contributed by atoms with Crippen molar-refractivity contribution in [1.29, 1.82) is 0 Å². The number of carboxylic acid groups (broad SMARTS) is 2. The van der Waals surface area contributed by atoms with Gasteiger partial charge in [-0.05, 0) is 55.9 Å². The Kier molecular flexibility index (Phi) is 15.5. The van der Waals surface area contributed by atoms with Crippen molar-refractivity contribution in [3.63, 3.8) is 0 Å². The van der Waals surface area contributed by atoms with Crippen molar-refractivity contribution in [3.05, 3.63) is 71.8 Å². The van der Waals surface area contributed by atoms with Gasteiger partial charge in [0.15, 0.2) is 0 Å². The molecule has 0 radical (unpaired) electrons. The van der Waals surface area contributed by atoms with Gasteiger partial charge in [-0.25, -0.2) is 9.59 Å². The van der Waals surface area contributed by atoms with Crippen molar-refractivity contribution < 1.29 is 30.0 Å². The van der Waals surface area contributed by atoms with Gasteiger partial charge in [0, 0.05) is 6.61 Å². The summed E-state index contributed by atoms with van der Waals surface area (Å²) >= 11 is 0. The molecule has 0 bridgehead atoms. The smallest absolute Gasteiger partial charge is 0.335 e. The Bertz CT molecular complexity index is 666. The van der Waals surface area contributed by atoms with Crippen LogP contribution in [0.1, 0.15) is 67.2 Å². The molecule has 2 aromatic rings. The van der Waals surface area contributed by atoms with Crippen LogP contribution in [0.25, 0.3) is 0 Å². The molecule has 4 N–H and O–H groups in total. The average molecular weight is 433 g/mol. The van der Waals surface area contributed by atoms with Crippen molar-refractivity contribution in [3.8, 4) is 0 Å². The van der Waals surface area contributed by atoms with Gasteiger partial charge in [0.25, 0.3) is 0 Å². The highest BCUT2D eigenvalue weighted by Gasteiger charge is 2.23. The molecular formula is C25H36O6. The lowest BCUT2D eigenvalue weighted by molar-refractivity contribution is 0.0503. The predicted molar refractivity (Wildman–Crippen MR) is 122 cm³/mol. The third-order valence-electron chi connectivity index (χ3n) is 4.78. The molecular weight excluding hydrogens is 396 g/mol. The fourth-order valence-corrected chi connectivity index (χ4v) is 3.18. The molecule has 0 fully saturated rings. The summed E-state index contributed by atoms with van der Waals surface area (Å²) < 4.78 is 0. The Balaban J connectivity index is 0.000000445. The van der Waals surface area contributed by atoms with E-state index in [1.165, 1.54) is 0 Å². The maximum Gasteiger partial charge on any atom is 0.335 e. The van der Waals surface area contributed by atoms with E-state index in [-0.39, 0.29) is 24.5 Å². The first-order valence-electron chi connectivity index (χ1n) is 10.6. The Morgan fingerprint density at radius 3 is 1.39 bits per heavy atom. The lowest BCUT2D eigenvalue weighted by Crippen LogP contribution is -2.28. The van der Waals surface area contributed by atoms with Gasteiger partial charge in [0.2, 0.25) is 0 Å². The third kappa shape index (κ3) is 12.6. The molecule has 0 saturated heterocycles. The Hall–Kier alpha value is -2.70. The second kappa shape index (κ2) is 17.0. The van der Waals surface area contributed by atoms with Gasteiger partial charge in [-0.2, -0.15) is 0 Å². The van der Waals surface area contributed by atoms with Gasteiger partial charge < -0.3 is 20.4 Å². The lowest BCUT2D eigenvalue weighted by Gasteiger charge is -2.27. The Morgan fingerprint density at radius 2 is 1.16 bits per heavy atom. The summed E-state index contributed by atoms with van der Waals surface area (Å²) in [4.78, 5) is 20.4. The number of hydrogen-bond acceptors (Lipinski definition) is 4. The van der Waals surface area contributed by atoms with E-state index in [0.717, 1.165) is 25.7 Å². The van der Waals surface area contributed by atoms with E-state index >= 15 is 0 Å². The largest absolute Gasteiger partial charge is 0.478 e. The normalized spacial score (nSPS) is 12.8. The molecule has 0 aliphatic carbocycles. The second-order valence-corrected chi connectivity index (χ2v) is 7.27. The summed E-state index contributed by atoms with van der Waals surface area (Å²) in [5, 5.41) is 35.5. The standard InChI is InChI=1S/C11H24O2.2C7H6O2/c1-4-6-10(8-12)11(7-5-2)9(3)13;2*8-7(9)6-4-2-1-3-5-6/h9-13H,4-8H2,1-3H3;2*1-5H,(H,8,9). The van der Waals surface area contributed by atoms with Crippen LogP contribution in [-0.4, -0.2) is 45.1 Å². The minimum Gasteiger partial charge on any atom is -0.478 e. The molecule has 0 aliphatic rings. The number of aliphatic hydroxyl groups is 2. The summed E-state index contributed by atoms with van der Waals surface area (Å²) in [6, 6.07) is 16.6. The van der Waals surface area contributed by atoms with E-state index in [9.17, 15) is 19.8 Å². The van der Waals surface area contributed by atoms with Crippen molar-refractivity contribution in [2.24, 2.45) is 11.8 Å². The molecule has 3 atom stereocenters. The fraction of sp³-hybridized carbons (Fsp3) is 0.440. The van der Waals surface area contributed by atoms with Crippen molar-refractivity contribution in [2.75, 3.05) is 6.61 Å². The number of hydrogen-bond donors (Lipinski definition) is 4. The van der Waals surface area contributed by atoms with E-state index in [4.69, 9.17) is 10.2 Å². The van der Waals surface area contributed by atoms with Crippen LogP contribution < -0.4 is 0 Å². The van der Waals surface area contributed by atoms with Crippen LogP contribution in [0.3, 0.4) is 0 Å². The van der Waals surface area contributed by atoms with E-state index in [0.29, 0.717) is 11.1 Å². The highest BCUT2D eigenvalue weighted by atomic mass is 16.4. The van der Waals surface area contributed by atoms with Crippen LogP contribution in [0.2, 0.25) is 0 Å². The molecule has 2 rings (SSSR count). The van der Waals surface area contributed by atoms with Crippen LogP contribution in [0.15, 0.2) is 60.7 Å². The fourth-order valence-electron chi connectivity index (χ4n) is 3.18. The molecule has 172 valence electrons. The average Bonchev–Trinajstić information content (AvgIpc) is 2.78. The first kappa shape index (κ1) is 28.3. The monoisotopic (exact) mass is 432 g/mol. The molecule has 0 heterocycles. The van der Waals surface area contributed by atoms with Crippen molar-refractivity contribution >= 4 is 11.9 Å². The zero-order valence-electron chi connectivity index (χ0n) is 18.6. The number of carboxylic acids is 2. The van der Waals surface area contributed by atoms with E-state index < -0.39 is 11.9 Å². The highest BCUT2D eigenvalue weighted by molar-refractivity contribution is 5.87. The summed E-state index contributed by atoms with van der Waals surface area (Å²) in [6.07, 6.45) is 3.91.